The molecule has 1 aliphatic rings. The van der Waals surface area contributed by atoms with Gasteiger partial charge in [-0.3, -0.25) is 0 Å². The van der Waals surface area contributed by atoms with Gasteiger partial charge in [0.1, 0.15) is 5.75 Å². The van der Waals surface area contributed by atoms with E-state index in [1.165, 1.54) is 24.4 Å². The molecule has 2 N–H and O–H groups in total. The van der Waals surface area contributed by atoms with Crippen molar-refractivity contribution < 1.29 is 24.5 Å². The third-order valence-electron chi connectivity index (χ3n) is 3.25. The van der Waals surface area contributed by atoms with Crippen LogP contribution in [0.4, 0.5) is 0 Å². The predicted octanol–water partition coefficient (Wildman–Crippen LogP) is 1.66. The van der Waals surface area contributed by atoms with Gasteiger partial charge < -0.3 is 19.8 Å². The maximum atomic E-state index is 11.5. The summed E-state index contributed by atoms with van der Waals surface area (Å²) in [5.41, 5.74) is 0.485. The van der Waals surface area contributed by atoms with Crippen LogP contribution < -0.4 is 4.74 Å². The fourth-order valence-electron chi connectivity index (χ4n) is 2.39. The third kappa shape index (κ3) is 2.74. The molecule has 0 radical (unpaired) electrons. The number of rotatable bonds is 4. The fourth-order valence-corrected chi connectivity index (χ4v) is 2.39. The summed E-state index contributed by atoms with van der Waals surface area (Å²) in [6.07, 6.45) is 2.82. The van der Waals surface area contributed by atoms with E-state index in [2.05, 4.69) is 0 Å². The third-order valence-corrected chi connectivity index (χ3v) is 3.25. The van der Waals surface area contributed by atoms with E-state index in [1.54, 1.807) is 31.3 Å². The Morgan fingerprint density at radius 2 is 1.62 bits per heavy atom. The molecule has 0 saturated heterocycles. The van der Waals surface area contributed by atoms with Crippen LogP contribution in [0.2, 0.25) is 0 Å². The Labute approximate surface area is 121 Å². The number of benzene rings is 1. The minimum absolute atomic E-state index is 0.0121. The first kappa shape index (κ1) is 14.6. The summed E-state index contributed by atoms with van der Waals surface area (Å²) in [5.74, 6) is -2.76. The average molecular weight is 289 g/mol. The summed E-state index contributed by atoms with van der Waals surface area (Å²) in [6, 6.07) is 6.80. The average Bonchev–Trinajstić information content (AvgIpc) is 2.46. The standard InChI is InChI=1S/C15H15NO5/c1-16-7-10(14(17)18)13(11(8-16)15(19)20)9-5-3-4-6-12(9)21-2/h3-8,13H,1-2H3,(H,17,18)(H,19,20). The lowest BCUT2D eigenvalue weighted by Gasteiger charge is -2.27. The highest BCUT2D eigenvalue weighted by atomic mass is 16.5. The molecule has 0 aromatic heterocycles. The number of hydrogen-bond donors (Lipinski definition) is 2. The molecule has 1 aromatic rings. The molecule has 2 rings (SSSR count). The second-order valence-corrected chi connectivity index (χ2v) is 4.62. The van der Waals surface area contributed by atoms with Gasteiger partial charge in [-0.15, -0.1) is 0 Å². The zero-order chi connectivity index (χ0) is 15.6. The quantitative estimate of drug-likeness (QED) is 0.876. The van der Waals surface area contributed by atoms with E-state index in [0.29, 0.717) is 11.3 Å². The number of nitrogens with zero attached hydrogens (tertiary/aromatic N) is 1. The van der Waals surface area contributed by atoms with E-state index in [4.69, 9.17) is 4.74 Å². The first-order valence-corrected chi connectivity index (χ1v) is 6.20. The van der Waals surface area contributed by atoms with E-state index in [-0.39, 0.29) is 11.1 Å². The largest absolute Gasteiger partial charge is 0.496 e. The number of methoxy groups -OCH3 is 1. The summed E-state index contributed by atoms with van der Waals surface area (Å²) in [4.78, 5) is 24.4. The monoisotopic (exact) mass is 289 g/mol. The first-order valence-electron chi connectivity index (χ1n) is 6.20. The van der Waals surface area contributed by atoms with E-state index in [1.807, 2.05) is 0 Å². The lowest BCUT2D eigenvalue weighted by Crippen LogP contribution is -2.26. The van der Waals surface area contributed by atoms with Crippen LogP contribution in [0, 0.1) is 0 Å². The van der Waals surface area contributed by atoms with Gasteiger partial charge in [0.15, 0.2) is 0 Å². The van der Waals surface area contributed by atoms with E-state index in [0.717, 1.165) is 0 Å². The Morgan fingerprint density at radius 1 is 1.10 bits per heavy atom. The van der Waals surface area contributed by atoms with Crippen molar-refractivity contribution in [2.24, 2.45) is 0 Å². The maximum Gasteiger partial charge on any atom is 0.334 e. The predicted molar refractivity (Wildman–Crippen MR) is 74.9 cm³/mol. The zero-order valence-electron chi connectivity index (χ0n) is 11.6. The molecule has 0 amide bonds. The molecule has 21 heavy (non-hydrogen) atoms. The van der Waals surface area contributed by atoms with Gasteiger partial charge in [0.25, 0.3) is 0 Å². The normalized spacial score (nSPS) is 15.2. The van der Waals surface area contributed by atoms with Crippen LogP contribution in [-0.4, -0.2) is 41.2 Å². The summed E-state index contributed by atoms with van der Waals surface area (Å²) in [6.45, 7) is 0. The molecule has 0 fully saturated rings. The molecule has 6 nitrogen and oxygen atoms in total. The number of para-hydroxylation sites is 1. The van der Waals surface area contributed by atoms with Crippen molar-refractivity contribution in [3.63, 3.8) is 0 Å². The molecular weight excluding hydrogens is 274 g/mol. The second-order valence-electron chi connectivity index (χ2n) is 4.62. The van der Waals surface area contributed by atoms with Crippen molar-refractivity contribution in [3.8, 4) is 5.75 Å². The molecule has 1 heterocycles. The number of carboxylic acids is 2. The highest BCUT2D eigenvalue weighted by Gasteiger charge is 2.34. The molecule has 0 unspecified atom stereocenters. The van der Waals surface area contributed by atoms with Crippen molar-refractivity contribution in [1.82, 2.24) is 4.90 Å². The summed E-state index contributed by atoms with van der Waals surface area (Å²) in [7, 11) is 3.05. The van der Waals surface area contributed by atoms with Gasteiger partial charge in [-0.25, -0.2) is 9.59 Å². The Kier molecular flexibility index (Phi) is 3.98. The molecule has 1 aromatic carbocycles. The van der Waals surface area contributed by atoms with E-state index >= 15 is 0 Å². The van der Waals surface area contributed by atoms with Crippen LogP contribution in [-0.2, 0) is 9.59 Å². The van der Waals surface area contributed by atoms with Gasteiger partial charge in [-0.05, 0) is 6.07 Å². The number of aliphatic carboxylic acids is 2. The van der Waals surface area contributed by atoms with E-state index in [9.17, 15) is 19.8 Å². The summed E-state index contributed by atoms with van der Waals surface area (Å²) < 4.78 is 5.23. The molecule has 1 aliphatic heterocycles. The maximum absolute atomic E-state index is 11.5. The SMILES string of the molecule is COc1ccccc1C1C(C(=O)O)=CN(C)C=C1C(=O)O. The second kappa shape index (κ2) is 5.70. The van der Waals surface area contributed by atoms with Gasteiger partial charge in [0.05, 0.1) is 24.2 Å². The van der Waals surface area contributed by atoms with Crippen molar-refractivity contribution in [2.45, 2.75) is 5.92 Å². The Bertz CT molecular complexity index is 615. The van der Waals surface area contributed by atoms with Crippen molar-refractivity contribution in [3.05, 3.63) is 53.4 Å². The Morgan fingerprint density at radius 3 is 2.10 bits per heavy atom. The first-order chi connectivity index (χ1) is 9.95. The Hall–Kier alpha value is -2.76. The smallest absolute Gasteiger partial charge is 0.334 e. The molecule has 0 bridgehead atoms. The minimum Gasteiger partial charge on any atom is -0.496 e. The number of carbonyl (C=O) groups is 2. The fraction of sp³-hybridized carbons (Fsp3) is 0.200. The zero-order valence-corrected chi connectivity index (χ0v) is 11.6. The molecule has 0 aliphatic carbocycles. The van der Waals surface area contributed by atoms with Gasteiger partial charge in [-0.1, -0.05) is 18.2 Å². The number of hydrogen-bond acceptors (Lipinski definition) is 4. The van der Waals surface area contributed by atoms with Crippen LogP contribution >= 0.6 is 0 Å². The van der Waals surface area contributed by atoms with E-state index < -0.39 is 17.9 Å². The topological polar surface area (TPSA) is 87.1 Å². The molecular formula is C15H15NO5. The van der Waals surface area contributed by atoms with Crippen molar-refractivity contribution in [1.29, 1.82) is 0 Å². The Balaban J connectivity index is 2.64. The molecule has 0 spiro atoms. The van der Waals surface area contributed by atoms with Crippen molar-refractivity contribution in [2.75, 3.05) is 14.2 Å². The number of carboxylic acid groups (broad SMARTS) is 2. The summed E-state index contributed by atoms with van der Waals surface area (Å²) >= 11 is 0. The molecule has 0 atom stereocenters. The molecule has 0 saturated carbocycles. The van der Waals surface area contributed by atoms with Crippen LogP contribution in [0.1, 0.15) is 11.5 Å². The van der Waals surface area contributed by atoms with Crippen LogP contribution in [0.3, 0.4) is 0 Å². The van der Waals surface area contributed by atoms with Gasteiger partial charge in [-0.2, -0.15) is 0 Å². The lowest BCUT2D eigenvalue weighted by atomic mass is 9.83. The van der Waals surface area contributed by atoms with Gasteiger partial charge in [0, 0.05) is 25.0 Å². The van der Waals surface area contributed by atoms with Crippen molar-refractivity contribution >= 4 is 11.9 Å². The van der Waals surface area contributed by atoms with Crippen LogP contribution in [0.5, 0.6) is 5.75 Å². The van der Waals surface area contributed by atoms with Crippen LogP contribution in [0.25, 0.3) is 0 Å². The highest BCUT2D eigenvalue weighted by molar-refractivity contribution is 5.97. The molecule has 6 heteroatoms. The minimum atomic E-state index is -1.16. The van der Waals surface area contributed by atoms with Gasteiger partial charge in [0.2, 0.25) is 0 Å². The van der Waals surface area contributed by atoms with Gasteiger partial charge >= 0.3 is 11.9 Å². The summed E-state index contributed by atoms with van der Waals surface area (Å²) in [5, 5.41) is 18.8. The lowest BCUT2D eigenvalue weighted by molar-refractivity contribution is -0.133. The van der Waals surface area contributed by atoms with Crippen LogP contribution in [0.15, 0.2) is 47.8 Å². The number of ether oxygens (including phenoxy) is 1. The molecule has 110 valence electrons. The highest BCUT2D eigenvalue weighted by Crippen LogP contribution is 2.39.